The minimum absolute atomic E-state index is 0.0548. The van der Waals surface area contributed by atoms with Crippen molar-refractivity contribution in [3.05, 3.63) is 68.2 Å². The average molecular weight is 448 g/mol. The number of aliphatic hydroxyl groups is 1. The molecule has 32 heavy (non-hydrogen) atoms. The van der Waals surface area contributed by atoms with Gasteiger partial charge in [0.2, 0.25) is 5.91 Å². The summed E-state index contributed by atoms with van der Waals surface area (Å²) in [6, 6.07) is 4.92. The molecule has 0 unspecified atom stereocenters. The van der Waals surface area contributed by atoms with E-state index in [1.54, 1.807) is 0 Å². The third-order valence-electron chi connectivity index (χ3n) is 5.11. The van der Waals surface area contributed by atoms with Crippen molar-refractivity contribution in [1.29, 1.82) is 0 Å². The van der Waals surface area contributed by atoms with E-state index in [0.717, 1.165) is 18.6 Å². The lowest BCUT2D eigenvalue weighted by Crippen LogP contribution is -2.49. The fourth-order valence-corrected chi connectivity index (χ4v) is 3.39. The fourth-order valence-electron chi connectivity index (χ4n) is 3.39. The van der Waals surface area contributed by atoms with Crippen molar-refractivity contribution in [2.75, 3.05) is 18.6 Å². The number of rotatable bonds is 7. The molecule has 3 N–H and O–H groups in total. The second-order valence-electron chi connectivity index (χ2n) is 7.52. The number of hydrogen-bond acceptors (Lipinski definition) is 6. The van der Waals surface area contributed by atoms with E-state index in [0.29, 0.717) is 17.5 Å². The minimum Gasteiger partial charge on any atom is -0.394 e. The van der Waals surface area contributed by atoms with E-state index in [2.05, 4.69) is 10.7 Å². The molecule has 2 amide bonds. The Morgan fingerprint density at radius 3 is 2.62 bits per heavy atom. The van der Waals surface area contributed by atoms with Crippen LogP contribution in [-0.2, 0) is 9.53 Å². The van der Waals surface area contributed by atoms with Crippen LogP contribution in [0.25, 0.3) is 0 Å². The Balaban J connectivity index is 1.65. The van der Waals surface area contributed by atoms with Gasteiger partial charge in [0.15, 0.2) is 0 Å². The molecular weight excluding hydrogens is 423 g/mol. The van der Waals surface area contributed by atoms with Crippen LogP contribution in [-0.4, -0.2) is 45.4 Å². The summed E-state index contributed by atoms with van der Waals surface area (Å²) in [5.41, 5.74) is 1.28. The first-order valence-corrected chi connectivity index (χ1v) is 10.2. The Morgan fingerprint density at radius 2 is 1.94 bits per heavy atom. The second-order valence-corrected chi connectivity index (χ2v) is 7.52. The molecule has 0 saturated carbocycles. The number of carbonyl (C=O) groups is 2. The predicted octanol–water partition coefficient (Wildman–Crippen LogP) is 0.408. The van der Waals surface area contributed by atoms with Crippen LogP contribution in [0.3, 0.4) is 0 Å². The molecule has 1 aliphatic heterocycles. The number of nitrogens with zero attached hydrogens (tertiary/aromatic N) is 2. The van der Waals surface area contributed by atoms with Crippen LogP contribution in [0.5, 0.6) is 0 Å². The van der Waals surface area contributed by atoms with Gasteiger partial charge >= 0.3 is 5.69 Å². The highest BCUT2D eigenvalue weighted by Gasteiger charge is 2.25. The Bertz CT molecular complexity index is 1090. The summed E-state index contributed by atoms with van der Waals surface area (Å²) in [6.07, 6.45) is 2.05. The number of ether oxygens (including phenoxy) is 1. The monoisotopic (exact) mass is 448 g/mol. The van der Waals surface area contributed by atoms with Crippen molar-refractivity contribution in [3.63, 3.8) is 0 Å². The number of amides is 2. The highest BCUT2D eigenvalue weighted by atomic mass is 19.1. The van der Waals surface area contributed by atoms with Gasteiger partial charge in [-0.3, -0.25) is 24.4 Å². The van der Waals surface area contributed by atoms with E-state index < -0.39 is 41.2 Å². The van der Waals surface area contributed by atoms with Crippen LogP contribution < -0.4 is 22.0 Å². The van der Waals surface area contributed by atoms with Gasteiger partial charge in [-0.15, -0.1) is 0 Å². The summed E-state index contributed by atoms with van der Waals surface area (Å²) in [5.74, 6) is -1.61. The Labute approximate surface area is 182 Å². The molecule has 1 aliphatic rings. The summed E-state index contributed by atoms with van der Waals surface area (Å²) in [4.78, 5) is 49.6. The highest BCUT2D eigenvalue weighted by Crippen LogP contribution is 2.25. The topological polar surface area (TPSA) is 132 Å². The second kappa shape index (κ2) is 10.3. The number of aliphatic hydroxyl groups excluding tert-OH is 1. The summed E-state index contributed by atoms with van der Waals surface area (Å²) in [6.45, 7) is 1.28. The maximum absolute atomic E-state index is 12.9. The number of halogens is 1. The van der Waals surface area contributed by atoms with Gasteiger partial charge in [-0.25, -0.2) is 9.18 Å². The van der Waals surface area contributed by atoms with E-state index in [1.807, 2.05) is 0 Å². The normalized spacial score (nSPS) is 18.2. The van der Waals surface area contributed by atoms with E-state index in [4.69, 9.17) is 4.74 Å². The smallest absolute Gasteiger partial charge is 0.352 e. The lowest BCUT2D eigenvalue weighted by molar-refractivity contribution is -0.117. The zero-order valence-corrected chi connectivity index (χ0v) is 17.5. The first kappa shape index (κ1) is 23.4. The summed E-state index contributed by atoms with van der Waals surface area (Å²) in [5, 5.41) is 11.8. The molecule has 2 aromatic rings. The molecule has 2 atom stereocenters. The largest absolute Gasteiger partial charge is 0.394 e. The van der Waals surface area contributed by atoms with Crippen LogP contribution >= 0.6 is 0 Å². The number of hydrogen-bond donors (Lipinski definition) is 3. The van der Waals surface area contributed by atoms with Crippen molar-refractivity contribution < 1.29 is 23.8 Å². The molecule has 0 spiro atoms. The van der Waals surface area contributed by atoms with E-state index in [1.165, 1.54) is 29.8 Å². The molecule has 2 heterocycles. The molecule has 0 bridgehead atoms. The van der Waals surface area contributed by atoms with Gasteiger partial charge in [0.05, 0.1) is 12.7 Å². The Kier molecular flexibility index (Phi) is 7.54. The van der Waals surface area contributed by atoms with Crippen LogP contribution in [0.4, 0.5) is 4.39 Å². The van der Waals surface area contributed by atoms with Gasteiger partial charge in [0.1, 0.15) is 12.0 Å². The number of aromatic nitrogens is 2. The first-order valence-electron chi connectivity index (χ1n) is 10.2. The van der Waals surface area contributed by atoms with Gasteiger partial charge < -0.3 is 15.2 Å². The lowest BCUT2D eigenvalue weighted by atomic mass is 10.1. The lowest BCUT2D eigenvalue weighted by Gasteiger charge is -2.30. The zero-order chi connectivity index (χ0) is 23.3. The molecule has 1 fully saturated rings. The molecule has 1 aromatic carbocycles. The molecule has 1 aromatic heterocycles. The van der Waals surface area contributed by atoms with E-state index >= 15 is 0 Å². The van der Waals surface area contributed by atoms with Crippen molar-refractivity contribution in [2.24, 2.45) is 0 Å². The van der Waals surface area contributed by atoms with Crippen LogP contribution in [0, 0.1) is 12.7 Å². The molecule has 11 heteroatoms. The standard InChI is InChI=1S/C21H25FN4O6/c1-13-11-25(18-4-2-3-16(12-27)32-18)21(31)26(20(13)30)24-17(28)9-10-23-19(29)14-5-7-15(22)8-6-14/h5-8,11,16,18,27H,2-4,9-10,12H2,1H3,(H,23,29)(H,24,28)/t16-,18+/m0/s1. The molecular formula is C21H25FN4O6. The summed E-state index contributed by atoms with van der Waals surface area (Å²) >= 11 is 0. The minimum atomic E-state index is -0.770. The SMILES string of the molecule is Cc1cn([C@H]2CCC[C@@H](CO)O2)c(=O)n(NC(=O)CCNC(=O)c2ccc(F)cc2)c1=O. The van der Waals surface area contributed by atoms with Gasteiger partial charge in [0.25, 0.3) is 11.5 Å². The van der Waals surface area contributed by atoms with E-state index in [-0.39, 0.29) is 30.7 Å². The fraction of sp³-hybridized carbons (Fsp3) is 0.429. The zero-order valence-electron chi connectivity index (χ0n) is 17.5. The molecule has 172 valence electrons. The first-order chi connectivity index (χ1) is 15.3. The Hall–Kier alpha value is -3.31. The van der Waals surface area contributed by atoms with Crippen molar-refractivity contribution in [1.82, 2.24) is 14.6 Å². The van der Waals surface area contributed by atoms with Crippen LogP contribution in [0.2, 0.25) is 0 Å². The summed E-state index contributed by atoms with van der Waals surface area (Å²) < 4.78 is 20.5. The predicted molar refractivity (Wildman–Crippen MR) is 112 cm³/mol. The molecule has 1 saturated heterocycles. The number of aryl methyl sites for hydroxylation is 1. The molecule has 10 nitrogen and oxygen atoms in total. The van der Waals surface area contributed by atoms with Crippen LogP contribution in [0.15, 0.2) is 40.1 Å². The van der Waals surface area contributed by atoms with E-state index in [9.17, 15) is 28.7 Å². The number of benzene rings is 1. The quantitative estimate of drug-likeness (QED) is 0.562. The molecule has 0 aliphatic carbocycles. The van der Waals surface area contributed by atoms with Crippen molar-refractivity contribution >= 4 is 11.8 Å². The van der Waals surface area contributed by atoms with Gasteiger partial charge in [-0.2, -0.15) is 4.68 Å². The average Bonchev–Trinajstić information content (AvgIpc) is 2.79. The van der Waals surface area contributed by atoms with Gasteiger partial charge in [-0.05, 0) is 50.5 Å². The third kappa shape index (κ3) is 5.48. The third-order valence-corrected chi connectivity index (χ3v) is 5.11. The van der Waals surface area contributed by atoms with Gasteiger partial charge in [0, 0.05) is 30.3 Å². The molecule has 3 rings (SSSR count). The summed E-state index contributed by atoms with van der Waals surface area (Å²) in [7, 11) is 0. The maximum Gasteiger partial charge on any atom is 0.352 e. The molecule has 0 radical (unpaired) electrons. The van der Waals surface area contributed by atoms with Crippen molar-refractivity contribution in [3.8, 4) is 0 Å². The number of carbonyl (C=O) groups excluding carboxylic acids is 2. The van der Waals surface area contributed by atoms with Crippen molar-refractivity contribution in [2.45, 2.75) is 44.9 Å². The van der Waals surface area contributed by atoms with Gasteiger partial charge in [-0.1, -0.05) is 0 Å². The maximum atomic E-state index is 12.9. The number of nitrogens with one attached hydrogen (secondary N) is 2. The van der Waals surface area contributed by atoms with Crippen LogP contribution in [0.1, 0.15) is 47.8 Å². The highest BCUT2D eigenvalue weighted by molar-refractivity contribution is 5.94. The Morgan fingerprint density at radius 1 is 1.22 bits per heavy atom.